The second-order valence-electron chi connectivity index (χ2n) is 5.34. The van der Waals surface area contributed by atoms with Crippen LogP contribution in [0.25, 0.3) is 0 Å². The minimum atomic E-state index is 0.560. The average molecular weight is 275 g/mol. The molecular weight excluding hydrogens is 250 g/mol. The standard InChI is InChI=1S/C17H25NS/c1-4-10-18-15(11-13(3)5-2)17-12-14-8-6-7-9-16(14)19-17/h6-9,15,17-18H,3-5,10-12H2,1-2H3. The Hall–Kier alpha value is -0.730. The summed E-state index contributed by atoms with van der Waals surface area (Å²) in [6.07, 6.45) is 4.59. The van der Waals surface area contributed by atoms with Gasteiger partial charge in [0.2, 0.25) is 0 Å². The molecule has 2 atom stereocenters. The van der Waals surface area contributed by atoms with Gasteiger partial charge in [0.1, 0.15) is 0 Å². The van der Waals surface area contributed by atoms with Crippen molar-refractivity contribution in [2.24, 2.45) is 0 Å². The minimum absolute atomic E-state index is 0.560. The molecule has 1 aromatic carbocycles. The first-order valence-corrected chi connectivity index (χ1v) is 8.27. The summed E-state index contributed by atoms with van der Waals surface area (Å²) in [5.41, 5.74) is 2.88. The van der Waals surface area contributed by atoms with Crippen molar-refractivity contribution >= 4 is 11.8 Å². The third kappa shape index (κ3) is 3.87. The molecule has 0 radical (unpaired) electrons. The average Bonchev–Trinajstić information content (AvgIpc) is 2.86. The van der Waals surface area contributed by atoms with Crippen molar-refractivity contribution < 1.29 is 0 Å². The van der Waals surface area contributed by atoms with Crippen LogP contribution in [0, 0.1) is 0 Å². The molecule has 1 N–H and O–H groups in total. The fourth-order valence-electron chi connectivity index (χ4n) is 2.55. The lowest BCUT2D eigenvalue weighted by Gasteiger charge is -2.25. The molecule has 0 spiro atoms. The van der Waals surface area contributed by atoms with Gasteiger partial charge in [0.15, 0.2) is 0 Å². The number of rotatable bonds is 7. The molecule has 0 saturated carbocycles. The molecule has 2 heteroatoms. The monoisotopic (exact) mass is 275 g/mol. The lowest BCUT2D eigenvalue weighted by atomic mass is 9.98. The SMILES string of the molecule is C=C(CC)CC(NCCC)C1Cc2ccccc2S1. The van der Waals surface area contributed by atoms with Crippen molar-refractivity contribution in [1.29, 1.82) is 0 Å². The molecule has 0 aromatic heterocycles. The van der Waals surface area contributed by atoms with E-state index in [1.807, 2.05) is 11.8 Å². The zero-order valence-corrected chi connectivity index (χ0v) is 12.9. The minimum Gasteiger partial charge on any atom is -0.313 e. The number of hydrogen-bond donors (Lipinski definition) is 1. The zero-order chi connectivity index (χ0) is 13.7. The van der Waals surface area contributed by atoms with E-state index >= 15 is 0 Å². The Labute approximate surface area is 121 Å². The number of nitrogens with one attached hydrogen (secondary N) is 1. The highest BCUT2D eigenvalue weighted by atomic mass is 32.2. The van der Waals surface area contributed by atoms with E-state index in [0.717, 1.165) is 19.4 Å². The maximum atomic E-state index is 4.19. The predicted octanol–water partition coefficient (Wildman–Crippen LogP) is 4.43. The van der Waals surface area contributed by atoms with Crippen LogP contribution in [0.1, 0.15) is 38.7 Å². The Kier molecular flexibility index (Phi) is 5.53. The van der Waals surface area contributed by atoms with Gasteiger partial charge in [-0.25, -0.2) is 0 Å². The summed E-state index contributed by atoms with van der Waals surface area (Å²) in [7, 11) is 0. The highest BCUT2D eigenvalue weighted by molar-refractivity contribution is 8.00. The summed E-state index contributed by atoms with van der Waals surface area (Å²) in [6.45, 7) is 9.73. The van der Waals surface area contributed by atoms with E-state index in [-0.39, 0.29) is 0 Å². The molecule has 0 fully saturated rings. The first kappa shape index (κ1) is 14.7. The molecule has 0 bridgehead atoms. The van der Waals surface area contributed by atoms with Gasteiger partial charge in [-0.1, -0.05) is 44.2 Å². The second-order valence-corrected chi connectivity index (χ2v) is 6.62. The number of benzene rings is 1. The summed E-state index contributed by atoms with van der Waals surface area (Å²) < 4.78 is 0. The lowest BCUT2D eigenvalue weighted by Crippen LogP contribution is -2.38. The second kappa shape index (κ2) is 7.16. The van der Waals surface area contributed by atoms with Crippen LogP contribution in [0.5, 0.6) is 0 Å². The van der Waals surface area contributed by atoms with Crippen LogP contribution in [0.3, 0.4) is 0 Å². The van der Waals surface area contributed by atoms with Gasteiger partial charge < -0.3 is 5.32 Å². The van der Waals surface area contributed by atoms with Crippen LogP contribution < -0.4 is 5.32 Å². The van der Waals surface area contributed by atoms with Gasteiger partial charge >= 0.3 is 0 Å². The Morgan fingerprint density at radius 2 is 2.21 bits per heavy atom. The summed E-state index contributed by atoms with van der Waals surface area (Å²) >= 11 is 2.04. The summed E-state index contributed by atoms with van der Waals surface area (Å²) in [4.78, 5) is 1.47. The van der Waals surface area contributed by atoms with Gasteiger partial charge in [-0.15, -0.1) is 11.8 Å². The Morgan fingerprint density at radius 3 is 2.89 bits per heavy atom. The van der Waals surface area contributed by atoms with Gasteiger partial charge in [-0.3, -0.25) is 0 Å². The molecule has 0 aliphatic carbocycles. The number of thioether (sulfide) groups is 1. The number of fused-ring (bicyclic) bond motifs is 1. The third-order valence-electron chi connectivity index (χ3n) is 3.79. The molecule has 1 heterocycles. The molecule has 1 aromatic rings. The quantitative estimate of drug-likeness (QED) is 0.739. The van der Waals surface area contributed by atoms with Crippen LogP contribution in [0.2, 0.25) is 0 Å². The van der Waals surface area contributed by atoms with Crippen molar-refractivity contribution in [1.82, 2.24) is 5.32 Å². The van der Waals surface area contributed by atoms with Gasteiger partial charge in [-0.05, 0) is 43.9 Å². The fourth-order valence-corrected chi connectivity index (χ4v) is 3.96. The van der Waals surface area contributed by atoms with Crippen molar-refractivity contribution in [2.75, 3.05) is 6.54 Å². The van der Waals surface area contributed by atoms with Gasteiger partial charge in [0.05, 0.1) is 0 Å². The fraction of sp³-hybridized carbons (Fsp3) is 0.529. The molecular formula is C17H25NS. The summed E-state index contributed by atoms with van der Waals surface area (Å²) in [6, 6.07) is 9.39. The zero-order valence-electron chi connectivity index (χ0n) is 12.1. The van der Waals surface area contributed by atoms with Gasteiger partial charge in [0, 0.05) is 16.2 Å². The maximum absolute atomic E-state index is 4.19. The van der Waals surface area contributed by atoms with Gasteiger partial charge in [0.25, 0.3) is 0 Å². The van der Waals surface area contributed by atoms with Crippen molar-refractivity contribution in [3.8, 4) is 0 Å². The molecule has 104 valence electrons. The lowest BCUT2D eigenvalue weighted by molar-refractivity contribution is 0.486. The van der Waals surface area contributed by atoms with E-state index in [0.29, 0.717) is 11.3 Å². The normalized spacial score (nSPS) is 19.2. The smallest absolute Gasteiger partial charge is 0.0292 e. The maximum Gasteiger partial charge on any atom is 0.0292 e. The highest BCUT2D eigenvalue weighted by Gasteiger charge is 2.28. The summed E-state index contributed by atoms with van der Waals surface area (Å²) in [5.74, 6) is 0. The Morgan fingerprint density at radius 1 is 1.42 bits per heavy atom. The first-order valence-electron chi connectivity index (χ1n) is 7.39. The Balaban J connectivity index is 2.02. The topological polar surface area (TPSA) is 12.0 Å². The summed E-state index contributed by atoms with van der Waals surface area (Å²) in [5, 5.41) is 4.39. The molecule has 1 aliphatic heterocycles. The highest BCUT2D eigenvalue weighted by Crippen LogP contribution is 2.39. The van der Waals surface area contributed by atoms with Crippen molar-refractivity contribution in [2.45, 2.75) is 55.7 Å². The van der Waals surface area contributed by atoms with Crippen LogP contribution in [0.15, 0.2) is 41.3 Å². The van der Waals surface area contributed by atoms with E-state index in [4.69, 9.17) is 0 Å². The molecule has 2 unspecified atom stereocenters. The van der Waals surface area contributed by atoms with Crippen LogP contribution >= 0.6 is 11.8 Å². The molecule has 0 saturated heterocycles. The third-order valence-corrected chi connectivity index (χ3v) is 5.24. The largest absolute Gasteiger partial charge is 0.313 e. The van der Waals surface area contributed by atoms with E-state index in [9.17, 15) is 0 Å². The number of hydrogen-bond acceptors (Lipinski definition) is 2. The molecule has 0 amide bonds. The van der Waals surface area contributed by atoms with Crippen molar-refractivity contribution in [3.05, 3.63) is 42.0 Å². The van der Waals surface area contributed by atoms with Gasteiger partial charge in [-0.2, -0.15) is 0 Å². The predicted molar refractivity (Wildman–Crippen MR) is 85.9 cm³/mol. The van der Waals surface area contributed by atoms with Crippen LogP contribution in [0.4, 0.5) is 0 Å². The van der Waals surface area contributed by atoms with E-state index < -0.39 is 0 Å². The van der Waals surface area contributed by atoms with E-state index in [1.165, 1.54) is 28.9 Å². The van der Waals surface area contributed by atoms with Crippen LogP contribution in [-0.2, 0) is 6.42 Å². The molecule has 1 aliphatic rings. The molecule has 1 nitrogen and oxygen atoms in total. The molecule has 19 heavy (non-hydrogen) atoms. The van der Waals surface area contributed by atoms with Crippen molar-refractivity contribution in [3.63, 3.8) is 0 Å². The first-order chi connectivity index (χ1) is 9.24. The van der Waals surface area contributed by atoms with E-state index in [2.05, 4.69) is 50.0 Å². The Bertz CT molecular complexity index is 402. The van der Waals surface area contributed by atoms with E-state index in [1.54, 1.807) is 0 Å². The van der Waals surface area contributed by atoms with Crippen LogP contribution in [-0.4, -0.2) is 17.8 Å². The molecule has 2 rings (SSSR count).